The van der Waals surface area contributed by atoms with E-state index in [1.165, 1.54) is 0 Å². The standard InChI is InChI=1S/C17H13F2NO4/c18-12-6-7-13(19)15-11(12)8-14(16(21)22)20(15)17(23)24-9-10-4-2-1-3-5-10/h1-7,14H,8-9H2,(H,21,22). The lowest BCUT2D eigenvalue weighted by Crippen LogP contribution is -2.43. The summed E-state index contributed by atoms with van der Waals surface area (Å²) in [4.78, 5) is 24.4. The van der Waals surface area contributed by atoms with Crippen molar-refractivity contribution in [1.29, 1.82) is 0 Å². The zero-order valence-corrected chi connectivity index (χ0v) is 12.4. The number of benzene rings is 2. The van der Waals surface area contributed by atoms with E-state index in [0.29, 0.717) is 10.5 Å². The van der Waals surface area contributed by atoms with Crippen LogP contribution in [-0.4, -0.2) is 23.2 Å². The molecule has 3 rings (SSSR count). The van der Waals surface area contributed by atoms with Gasteiger partial charge in [0, 0.05) is 12.0 Å². The van der Waals surface area contributed by atoms with Crippen LogP contribution in [0.2, 0.25) is 0 Å². The van der Waals surface area contributed by atoms with Gasteiger partial charge in [-0.1, -0.05) is 30.3 Å². The van der Waals surface area contributed by atoms with Crippen molar-refractivity contribution < 1.29 is 28.2 Å². The Morgan fingerprint density at radius 2 is 1.79 bits per heavy atom. The van der Waals surface area contributed by atoms with Crippen molar-refractivity contribution in [2.45, 2.75) is 19.1 Å². The van der Waals surface area contributed by atoms with Crippen LogP contribution in [0.1, 0.15) is 11.1 Å². The van der Waals surface area contributed by atoms with Gasteiger partial charge >= 0.3 is 12.1 Å². The van der Waals surface area contributed by atoms with Gasteiger partial charge in [0.05, 0.1) is 5.69 Å². The number of carboxylic acids is 1. The molecule has 2 aromatic carbocycles. The highest BCUT2D eigenvalue weighted by Gasteiger charge is 2.42. The summed E-state index contributed by atoms with van der Waals surface area (Å²) < 4.78 is 33.0. The molecule has 1 heterocycles. The van der Waals surface area contributed by atoms with Gasteiger partial charge in [-0.3, -0.25) is 4.90 Å². The number of fused-ring (bicyclic) bond motifs is 1. The number of ether oxygens (including phenoxy) is 1. The van der Waals surface area contributed by atoms with Crippen LogP contribution in [0.4, 0.5) is 19.3 Å². The van der Waals surface area contributed by atoms with Crippen molar-refractivity contribution >= 4 is 17.7 Å². The molecule has 24 heavy (non-hydrogen) atoms. The third-order valence-corrected chi connectivity index (χ3v) is 3.81. The van der Waals surface area contributed by atoms with E-state index in [0.717, 1.165) is 12.1 Å². The average Bonchev–Trinajstić information content (AvgIpc) is 2.99. The molecule has 0 fully saturated rings. The molecule has 5 nitrogen and oxygen atoms in total. The van der Waals surface area contributed by atoms with Gasteiger partial charge in [-0.05, 0) is 17.7 Å². The van der Waals surface area contributed by atoms with Gasteiger partial charge in [0.25, 0.3) is 0 Å². The normalized spacial score (nSPS) is 15.9. The Morgan fingerprint density at radius 3 is 2.46 bits per heavy atom. The number of carbonyl (C=O) groups excluding carboxylic acids is 1. The van der Waals surface area contributed by atoms with E-state index >= 15 is 0 Å². The quantitative estimate of drug-likeness (QED) is 0.937. The summed E-state index contributed by atoms with van der Waals surface area (Å²) in [6.07, 6.45) is -1.34. The zero-order valence-electron chi connectivity index (χ0n) is 12.4. The first-order chi connectivity index (χ1) is 11.5. The van der Waals surface area contributed by atoms with Crippen molar-refractivity contribution in [3.8, 4) is 0 Å². The van der Waals surface area contributed by atoms with Crippen LogP contribution in [0.5, 0.6) is 0 Å². The van der Waals surface area contributed by atoms with Crippen molar-refractivity contribution in [1.82, 2.24) is 0 Å². The van der Waals surface area contributed by atoms with Gasteiger partial charge in [-0.15, -0.1) is 0 Å². The lowest BCUT2D eigenvalue weighted by Gasteiger charge is -2.22. The predicted octanol–water partition coefficient (Wildman–Crippen LogP) is 3.12. The lowest BCUT2D eigenvalue weighted by atomic mass is 10.1. The molecule has 1 atom stereocenters. The molecule has 7 heteroatoms. The van der Waals surface area contributed by atoms with Crippen molar-refractivity contribution in [3.63, 3.8) is 0 Å². The number of carboxylic acid groups (broad SMARTS) is 1. The minimum atomic E-state index is -1.41. The molecule has 2 aromatic rings. The van der Waals surface area contributed by atoms with Crippen LogP contribution >= 0.6 is 0 Å². The van der Waals surface area contributed by atoms with Gasteiger partial charge in [-0.25, -0.2) is 18.4 Å². The van der Waals surface area contributed by atoms with E-state index in [9.17, 15) is 23.5 Å². The lowest BCUT2D eigenvalue weighted by molar-refractivity contribution is -0.138. The first-order valence-corrected chi connectivity index (χ1v) is 7.18. The highest BCUT2D eigenvalue weighted by Crippen LogP contribution is 2.37. The molecule has 1 unspecified atom stereocenters. The molecule has 0 bridgehead atoms. The van der Waals surface area contributed by atoms with Gasteiger partial charge in [0.2, 0.25) is 0 Å². The molecule has 124 valence electrons. The fourth-order valence-electron chi connectivity index (χ4n) is 2.68. The minimum Gasteiger partial charge on any atom is -0.480 e. The molecular weight excluding hydrogens is 320 g/mol. The Kier molecular flexibility index (Phi) is 4.16. The van der Waals surface area contributed by atoms with E-state index in [1.54, 1.807) is 30.3 Å². The predicted molar refractivity (Wildman–Crippen MR) is 80.6 cm³/mol. The van der Waals surface area contributed by atoms with Crippen LogP contribution in [0.3, 0.4) is 0 Å². The summed E-state index contributed by atoms with van der Waals surface area (Å²) in [5.41, 5.74) is 0.177. The second-order valence-electron chi connectivity index (χ2n) is 5.32. The summed E-state index contributed by atoms with van der Waals surface area (Å²) in [7, 11) is 0. The molecule has 0 spiro atoms. The fourth-order valence-corrected chi connectivity index (χ4v) is 2.68. The SMILES string of the molecule is O=C(O)C1Cc2c(F)ccc(F)c2N1C(=O)OCc1ccccc1. The maximum atomic E-state index is 14.1. The topological polar surface area (TPSA) is 66.8 Å². The zero-order chi connectivity index (χ0) is 17.3. The molecule has 1 aliphatic rings. The Bertz CT molecular complexity index is 795. The number of carbonyl (C=O) groups is 2. The van der Waals surface area contributed by atoms with E-state index in [-0.39, 0.29) is 24.3 Å². The van der Waals surface area contributed by atoms with Gasteiger partial charge < -0.3 is 9.84 Å². The highest BCUT2D eigenvalue weighted by atomic mass is 19.1. The van der Waals surface area contributed by atoms with Gasteiger partial charge in [0.15, 0.2) is 0 Å². The average molecular weight is 333 g/mol. The van der Waals surface area contributed by atoms with Crippen molar-refractivity contribution in [2.75, 3.05) is 4.90 Å². The molecule has 0 aromatic heterocycles. The number of halogens is 2. The van der Waals surface area contributed by atoms with E-state index in [1.807, 2.05) is 0 Å². The summed E-state index contributed by atoms with van der Waals surface area (Å²) in [5.74, 6) is -2.98. The highest BCUT2D eigenvalue weighted by molar-refractivity contribution is 5.98. The van der Waals surface area contributed by atoms with Crippen molar-refractivity contribution in [3.05, 3.63) is 65.2 Å². The number of nitrogens with zero attached hydrogens (tertiary/aromatic N) is 1. The van der Waals surface area contributed by atoms with E-state index < -0.39 is 29.7 Å². The van der Waals surface area contributed by atoms with Crippen LogP contribution in [0, 0.1) is 11.6 Å². The number of rotatable bonds is 3. The summed E-state index contributed by atoms with van der Waals surface area (Å²) in [6.45, 7) is -0.102. The third-order valence-electron chi connectivity index (χ3n) is 3.81. The molecule has 0 radical (unpaired) electrons. The second-order valence-corrected chi connectivity index (χ2v) is 5.32. The minimum absolute atomic E-state index is 0.102. The van der Waals surface area contributed by atoms with Crippen LogP contribution < -0.4 is 4.90 Å². The Morgan fingerprint density at radius 1 is 1.12 bits per heavy atom. The fraction of sp³-hybridized carbons (Fsp3) is 0.176. The Labute approximate surface area is 136 Å². The van der Waals surface area contributed by atoms with Crippen LogP contribution in [0.15, 0.2) is 42.5 Å². The molecule has 1 amide bonds. The molecule has 0 saturated heterocycles. The Hall–Kier alpha value is -2.96. The van der Waals surface area contributed by atoms with E-state index in [4.69, 9.17) is 4.74 Å². The molecular formula is C17H13F2NO4. The molecule has 0 aliphatic carbocycles. The maximum Gasteiger partial charge on any atom is 0.415 e. The van der Waals surface area contributed by atoms with E-state index in [2.05, 4.69) is 0 Å². The number of anilines is 1. The first kappa shape index (κ1) is 15.9. The third kappa shape index (κ3) is 2.80. The summed E-state index contributed by atoms with van der Waals surface area (Å²) in [6, 6.07) is 9.10. The van der Waals surface area contributed by atoms with Gasteiger partial charge in [-0.2, -0.15) is 0 Å². The number of aliphatic carboxylic acids is 1. The molecule has 1 aliphatic heterocycles. The number of amides is 1. The number of hydrogen-bond acceptors (Lipinski definition) is 3. The van der Waals surface area contributed by atoms with Crippen LogP contribution in [0.25, 0.3) is 0 Å². The smallest absolute Gasteiger partial charge is 0.415 e. The summed E-state index contributed by atoms with van der Waals surface area (Å²) >= 11 is 0. The summed E-state index contributed by atoms with van der Waals surface area (Å²) in [5, 5.41) is 9.28. The second kappa shape index (κ2) is 6.27. The molecule has 0 saturated carbocycles. The largest absolute Gasteiger partial charge is 0.480 e. The van der Waals surface area contributed by atoms with Gasteiger partial charge in [0.1, 0.15) is 24.3 Å². The monoisotopic (exact) mass is 333 g/mol. The first-order valence-electron chi connectivity index (χ1n) is 7.18. The Balaban J connectivity index is 1.88. The number of hydrogen-bond donors (Lipinski definition) is 1. The molecule has 1 N–H and O–H groups in total. The maximum absolute atomic E-state index is 14.1. The van der Waals surface area contributed by atoms with Crippen LogP contribution in [-0.2, 0) is 22.6 Å². The van der Waals surface area contributed by atoms with Crippen molar-refractivity contribution in [2.24, 2.45) is 0 Å².